The van der Waals surface area contributed by atoms with E-state index in [1.165, 1.54) is 0 Å². The molecule has 86 valence electrons. The molecule has 0 aromatic heterocycles. The number of hydrogen-bond acceptors (Lipinski definition) is 3. The van der Waals surface area contributed by atoms with Crippen molar-refractivity contribution in [3.63, 3.8) is 0 Å². The summed E-state index contributed by atoms with van der Waals surface area (Å²) in [6.45, 7) is 1.25. The van der Waals surface area contributed by atoms with Crippen molar-refractivity contribution < 1.29 is 9.90 Å². The Bertz CT molecular complexity index is 252. The average molecular weight is 212 g/mol. The number of amides is 1. The minimum Gasteiger partial charge on any atom is -0.396 e. The molecule has 2 rings (SSSR count). The van der Waals surface area contributed by atoms with Gasteiger partial charge in [-0.05, 0) is 25.7 Å². The molecule has 0 aromatic rings. The molecule has 4 heteroatoms. The summed E-state index contributed by atoms with van der Waals surface area (Å²) in [6.07, 6.45) is 5.00. The van der Waals surface area contributed by atoms with Crippen LogP contribution in [-0.4, -0.2) is 30.7 Å². The van der Waals surface area contributed by atoms with Crippen molar-refractivity contribution in [3.8, 4) is 0 Å². The zero-order chi connectivity index (χ0) is 10.9. The Kier molecular flexibility index (Phi) is 2.73. The first-order valence-corrected chi connectivity index (χ1v) is 5.76. The molecule has 0 bridgehead atoms. The van der Waals surface area contributed by atoms with Gasteiger partial charge in [0.25, 0.3) is 0 Å². The number of nitrogens with one attached hydrogen (secondary N) is 1. The van der Waals surface area contributed by atoms with E-state index < -0.39 is 0 Å². The Morgan fingerprint density at radius 1 is 1.33 bits per heavy atom. The van der Waals surface area contributed by atoms with Crippen LogP contribution in [0.15, 0.2) is 0 Å². The van der Waals surface area contributed by atoms with Crippen LogP contribution in [0, 0.1) is 10.8 Å². The van der Waals surface area contributed by atoms with E-state index in [1.54, 1.807) is 0 Å². The number of nitrogens with two attached hydrogens (primary N) is 1. The van der Waals surface area contributed by atoms with E-state index in [0.29, 0.717) is 13.1 Å². The standard InChI is InChI=1S/C11H20N2O2/c12-6-11(2-1-3-11)9(15)13-7-10(8-14)4-5-10/h14H,1-8,12H2,(H,13,15). The van der Waals surface area contributed by atoms with Crippen molar-refractivity contribution in [3.05, 3.63) is 0 Å². The number of aliphatic hydroxyl groups is 1. The van der Waals surface area contributed by atoms with Crippen molar-refractivity contribution in [2.75, 3.05) is 19.7 Å². The van der Waals surface area contributed by atoms with Crippen molar-refractivity contribution in [2.24, 2.45) is 16.6 Å². The van der Waals surface area contributed by atoms with E-state index in [9.17, 15) is 4.79 Å². The van der Waals surface area contributed by atoms with Gasteiger partial charge < -0.3 is 16.2 Å². The molecular weight excluding hydrogens is 192 g/mol. The molecule has 0 atom stereocenters. The fourth-order valence-corrected chi connectivity index (χ4v) is 2.15. The van der Waals surface area contributed by atoms with Gasteiger partial charge >= 0.3 is 0 Å². The van der Waals surface area contributed by atoms with Crippen molar-refractivity contribution in [1.29, 1.82) is 0 Å². The molecule has 4 N–H and O–H groups in total. The van der Waals surface area contributed by atoms with E-state index in [1.807, 2.05) is 0 Å². The third-order valence-electron chi connectivity index (χ3n) is 4.10. The lowest BCUT2D eigenvalue weighted by atomic mass is 9.68. The molecule has 0 heterocycles. The molecule has 0 spiro atoms. The van der Waals surface area contributed by atoms with Crippen molar-refractivity contribution in [2.45, 2.75) is 32.1 Å². The predicted molar refractivity (Wildman–Crippen MR) is 57.1 cm³/mol. The second kappa shape index (κ2) is 3.76. The average Bonchev–Trinajstić information content (AvgIpc) is 2.95. The Balaban J connectivity index is 1.82. The maximum absolute atomic E-state index is 11.9. The molecule has 2 fully saturated rings. The molecule has 4 nitrogen and oxygen atoms in total. The van der Waals surface area contributed by atoms with Crippen LogP contribution in [0.25, 0.3) is 0 Å². The zero-order valence-corrected chi connectivity index (χ0v) is 9.09. The summed E-state index contributed by atoms with van der Waals surface area (Å²) in [7, 11) is 0. The normalized spacial score (nSPS) is 25.5. The van der Waals surface area contributed by atoms with Gasteiger partial charge in [-0.1, -0.05) is 6.42 Å². The molecule has 0 aliphatic heterocycles. The second-order valence-corrected chi connectivity index (χ2v) is 5.18. The van der Waals surface area contributed by atoms with Crippen LogP contribution in [-0.2, 0) is 4.79 Å². The van der Waals surface area contributed by atoms with Gasteiger partial charge in [-0.3, -0.25) is 4.79 Å². The summed E-state index contributed by atoms with van der Waals surface area (Å²) in [5.74, 6) is 0.0935. The Morgan fingerprint density at radius 2 is 2.00 bits per heavy atom. The molecule has 1 amide bonds. The number of hydrogen-bond donors (Lipinski definition) is 3. The lowest BCUT2D eigenvalue weighted by molar-refractivity contribution is -0.135. The number of aliphatic hydroxyl groups excluding tert-OH is 1. The lowest BCUT2D eigenvalue weighted by Gasteiger charge is -2.39. The minimum absolute atomic E-state index is 0.00477. The predicted octanol–water partition coefficient (Wildman–Crippen LogP) is 0.00410. The summed E-state index contributed by atoms with van der Waals surface area (Å²) >= 11 is 0. The molecule has 0 radical (unpaired) electrons. The Hall–Kier alpha value is -0.610. The van der Waals surface area contributed by atoms with E-state index in [-0.39, 0.29) is 23.3 Å². The monoisotopic (exact) mass is 212 g/mol. The van der Waals surface area contributed by atoms with Crippen LogP contribution >= 0.6 is 0 Å². The van der Waals surface area contributed by atoms with Gasteiger partial charge in [-0.2, -0.15) is 0 Å². The van der Waals surface area contributed by atoms with Gasteiger partial charge in [0.1, 0.15) is 0 Å². The highest BCUT2D eigenvalue weighted by atomic mass is 16.3. The SMILES string of the molecule is NCC1(C(=O)NCC2(CO)CC2)CCC1. The highest BCUT2D eigenvalue weighted by Crippen LogP contribution is 2.45. The maximum Gasteiger partial charge on any atom is 0.227 e. The summed E-state index contributed by atoms with van der Waals surface area (Å²) in [4.78, 5) is 11.9. The Morgan fingerprint density at radius 3 is 2.33 bits per heavy atom. The molecule has 2 saturated carbocycles. The summed E-state index contributed by atoms with van der Waals surface area (Å²) in [5.41, 5.74) is 5.36. The maximum atomic E-state index is 11.9. The summed E-state index contributed by atoms with van der Waals surface area (Å²) < 4.78 is 0. The highest BCUT2D eigenvalue weighted by molar-refractivity contribution is 5.83. The van der Waals surface area contributed by atoms with Crippen molar-refractivity contribution >= 4 is 5.91 Å². The smallest absolute Gasteiger partial charge is 0.227 e. The number of carbonyl (C=O) groups is 1. The van der Waals surface area contributed by atoms with Crippen LogP contribution in [0.2, 0.25) is 0 Å². The first-order chi connectivity index (χ1) is 7.16. The van der Waals surface area contributed by atoms with Gasteiger partial charge in [-0.25, -0.2) is 0 Å². The first-order valence-electron chi connectivity index (χ1n) is 5.76. The van der Waals surface area contributed by atoms with Gasteiger partial charge in [0.2, 0.25) is 5.91 Å². The van der Waals surface area contributed by atoms with Crippen LogP contribution in [0.3, 0.4) is 0 Å². The van der Waals surface area contributed by atoms with Crippen molar-refractivity contribution in [1.82, 2.24) is 5.32 Å². The fourth-order valence-electron chi connectivity index (χ4n) is 2.15. The van der Waals surface area contributed by atoms with E-state index in [0.717, 1.165) is 32.1 Å². The largest absolute Gasteiger partial charge is 0.396 e. The number of carbonyl (C=O) groups excluding carboxylic acids is 1. The fraction of sp³-hybridized carbons (Fsp3) is 0.909. The third kappa shape index (κ3) is 1.88. The van der Waals surface area contributed by atoms with Crippen LogP contribution in [0.5, 0.6) is 0 Å². The van der Waals surface area contributed by atoms with Gasteiger partial charge in [0, 0.05) is 18.5 Å². The lowest BCUT2D eigenvalue weighted by Crippen LogP contribution is -2.51. The first kappa shape index (κ1) is 10.9. The number of rotatable bonds is 5. The molecule has 0 unspecified atom stereocenters. The highest BCUT2D eigenvalue weighted by Gasteiger charge is 2.46. The van der Waals surface area contributed by atoms with Crippen LogP contribution in [0.4, 0.5) is 0 Å². The van der Waals surface area contributed by atoms with Crippen LogP contribution in [0.1, 0.15) is 32.1 Å². The molecule has 0 saturated heterocycles. The molecule has 0 aromatic carbocycles. The Labute approximate surface area is 90.2 Å². The molecule has 2 aliphatic rings. The van der Waals surface area contributed by atoms with E-state index in [4.69, 9.17) is 10.8 Å². The molecule has 15 heavy (non-hydrogen) atoms. The molecular formula is C11H20N2O2. The van der Waals surface area contributed by atoms with Gasteiger partial charge in [0.05, 0.1) is 12.0 Å². The van der Waals surface area contributed by atoms with E-state index >= 15 is 0 Å². The quantitative estimate of drug-likeness (QED) is 0.600. The topological polar surface area (TPSA) is 75.4 Å². The summed E-state index contributed by atoms with van der Waals surface area (Å²) in [6, 6.07) is 0. The minimum atomic E-state index is -0.286. The van der Waals surface area contributed by atoms with E-state index in [2.05, 4.69) is 5.32 Å². The zero-order valence-electron chi connectivity index (χ0n) is 9.09. The third-order valence-corrected chi connectivity index (χ3v) is 4.10. The van der Waals surface area contributed by atoms with Crippen LogP contribution < -0.4 is 11.1 Å². The summed E-state index contributed by atoms with van der Waals surface area (Å²) in [5, 5.41) is 12.1. The molecule has 2 aliphatic carbocycles. The van der Waals surface area contributed by atoms with Gasteiger partial charge in [0.15, 0.2) is 0 Å². The second-order valence-electron chi connectivity index (χ2n) is 5.18. The van der Waals surface area contributed by atoms with Gasteiger partial charge in [-0.15, -0.1) is 0 Å².